The number of thiophene rings is 1. The molecule has 9 nitrogen and oxygen atoms in total. The summed E-state index contributed by atoms with van der Waals surface area (Å²) in [6.45, 7) is 3.70. The van der Waals surface area contributed by atoms with Crippen molar-refractivity contribution < 1.29 is 18.3 Å². The van der Waals surface area contributed by atoms with Crippen LogP contribution in [-0.4, -0.2) is 71.4 Å². The number of nitriles is 1. The van der Waals surface area contributed by atoms with E-state index in [4.69, 9.17) is 25.2 Å². The van der Waals surface area contributed by atoms with Gasteiger partial charge in [-0.3, -0.25) is 4.90 Å². The Kier molecular flexibility index (Phi) is 6.30. The van der Waals surface area contributed by atoms with Crippen LogP contribution >= 0.6 is 11.3 Å². The summed E-state index contributed by atoms with van der Waals surface area (Å²) >= 11 is 1.09. The van der Waals surface area contributed by atoms with Gasteiger partial charge in [-0.1, -0.05) is 6.07 Å². The molecule has 220 valence electrons. The molecular weight excluding hydrogens is 560 g/mol. The van der Waals surface area contributed by atoms with E-state index in [2.05, 4.69) is 21.2 Å². The van der Waals surface area contributed by atoms with Crippen LogP contribution in [-0.2, 0) is 17.8 Å². The highest BCUT2D eigenvalue weighted by atomic mass is 32.1. The molecule has 3 N–H and O–H groups in total. The summed E-state index contributed by atoms with van der Waals surface area (Å²) in [5.41, 5.74) is 8.58. The van der Waals surface area contributed by atoms with Crippen molar-refractivity contribution in [3.8, 4) is 12.1 Å². The van der Waals surface area contributed by atoms with Crippen LogP contribution < -0.4 is 20.7 Å². The van der Waals surface area contributed by atoms with Crippen molar-refractivity contribution in [3.05, 3.63) is 40.3 Å². The van der Waals surface area contributed by atoms with Crippen LogP contribution in [0.25, 0.3) is 10.1 Å². The van der Waals surface area contributed by atoms with Gasteiger partial charge in [0.2, 0.25) is 0 Å². The standard InChI is InChI=1S/C30H33F2N7O2S/c31-16-9-30(6-1-7-39(30)11-16)15-41-29-36-23-8-24(19-4-5-22(32)26-25(19)20(10-33)27(34)42-26)40-14-21(23)28(37-29)38-12-17-2-3-18(13-38)35-17/h4-5,16-18,24,35H,1-3,6-9,11-15,34H2/t16-,17-,18+,24?,30+/m1/s1. The van der Waals surface area contributed by atoms with Gasteiger partial charge in [-0.05, 0) is 43.9 Å². The summed E-state index contributed by atoms with van der Waals surface area (Å²) in [6.07, 6.45) is 3.86. The van der Waals surface area contributed by atoms with Crippen LogP contribution in [0.3, 0.4) is 0 Å². The maximum atomic E-state index is 14.7. The van der Waals surface area contributed by atoms with Crippen molar-refractivity contribution in [3.63, 3.8) is 0 Å². The Hall–Kier alpha value is -3.11. The van der Waals surface area contributed by atoms with E-state index >= 15 is 0 Å². The summed E-state index contributed by atoms with van der Waals surface area (Å²) in [7, 11) is 0. The first-order valence-electron chi connectivity index (χ1n) is 14.9. The molecular formula is C30H33F2N7O2S. The lowest BCUT2D eigenvalue weighted by Crippen LogP contribution is -2.52. The van der Waals surface area contributed by atoms with Gasteiger partial charge in [0.15, 0.2) is 0 Å². The van der Waals surface area contributed by atoms with Gasteiger partial charge in [-0.25, -0.2) is 8.78 Å². The van der Waals surface area contributed by atoms with Gasteiger partial charge in [-0.2, -0.15) is 15.2 Å². The Labute approximate surface area is 246 Å². The normalized spacial score (nSPS) is 30.5. The minimum absolute atomic E-state index is 0.283. The fourth-order valence-corrected chi connectivity index (χ4v) is 8.92. The largest absolute Gasteiger partial charge is 0.461 e. The molecule has 4 saturated heterocycles. The van der Waals surface area contributed by atoms with Crippen molar-refractivity contribution in [2.45, 2.75) is 75.0 Å². The molecule has 4 fully saturated rings. The molecule has 0 spiro atoms. The predicted octanol–water partition coefficient (Wildman–Crippen LogP) is 3.99. The molecule has 2 bridgehead atoms. The summed E-state index contributed by atoms with van der Waals surface area (Å²) in [5, 5.41) is 14.3. The molecule has 42 heavy (non-hydrogen) atoms. The summed E-state index contributed by atoms with van der Waals surface area (Å²) in [4.78, 5) is 14.4. The average Bonchev–Trinajstić information content (AvgIpc) is 3.71. The van der Waals surface area contributed by atoms with Crippen molar-refractivity contribution >= 4 is 32.2 Å². The van der Waals surface area contributed by atoms with E-state index in [1.165, 1.54) is 6.07 Å². The predicted molar refractivity (Wildman–Crippen MR) is 155 cm³/mol. The van der Waals surface area contributed by atoms with Crippen molar-refractivity contribution in [1.29, 1.82) is 5.26 Å². The van der Waals surface area contributed by atoms with Gasteiger partial charge in [0.25, 0.3) is 0 Å². The lowest BCUT2D eigenvalue weighted by Gasteiger charge is -2.37. The number of nitrogens with zero attached hydrogens (tertiary/aromatic N) is 5. The Morgan fingerprint density at radius 2 is 2.07 bits per heavy atom. The third-order valence-electron chi connectivity index (χ3n) is 9.91. The van der Waals surface area contributed by atoms with Gasteiger partial charge in [0.05, 0.1) is 34.2 Å². The van der Waals surface area contributed by atoms with Gasteiger partial charge < -0.3 is 25.4 Å². The number of halogens is 2. The van der Waals surface area contributed by atoms with Crippen molar-refractivity contribution in [1.82, 2.24) is 20.2 Å². The number of aromatic nitrogens is 2. The summed E-state index contributed by atoms with van der Waals surface area (Å²) in [5.74, 6) is 0.434. The highest BCUT2D eigenvalue weighted by Gasteiger charge is 2.49. The fourth-order valence-electron chi connectivity index (χ4n) is 7.97. The molecule has 3 aromatic rings. The molecule has 0 saturated carbocycles. The van der Waals surface area contributed by atoms with Gasteiger partial charge in [-0.15, -0.1) is 11.3 Å². The van der Waals surface area contributed by atoms with Crippen LogP contribution in [0.2, 0.25) is 0 Å². The number of alkyl halides is 1. The average molecular weight is 594 g/mol. The third-order valence-corrected chi connectivity index (χ3v) is 10.9. The van der Waals surface area contributed by atoms with Crippen LogP contribution in [0.1, 0.15) is 60.6 Å². The molecule has 1 unspecified atom stereocenters. The maximum Gasteiger partial charge on any atom is 0.318 e. The van der Waals surface area contributed by atoms with Crippen LogP contribution in [0, 0.1) is 17.1 Å². The molecule has 5 atom stereocenters. The van der Waals surface area contributed by atoms with Crippen LogP contribution in [0.4, 0.5) is 19.6 Å². The van der Waals surface area contributed by atoms with Gasteiger partial charge in [0.1, 0.15) is 35.5 Å². The molecule has 5 aliphatic rings. The zero-order valence-electron chi connectivity index (χ0n) is 23.2. The number of nitrogens with two attached hydrogens (primary N) is 1. The number of rotatable bonds is 5. The molecule has 8 rings (SSSR count). The van der Waals surface area contributed by atoms with Crippen LogP contribution in [0.5, 0.6) is 6.01 Å². The van der Waals surface area contributed by atoms with E-state index in [1.807, 2.05) is 0 Å². The van der Waals surface area contributed by atoms with Crippen molar-refractivity contribution in [2.75, 3.05) is 43.4 Å². The monoisotopic (exact) mass is 593 g/mol. The number of ether oxygens (including phenoxy) is 2. The number of nitrogen functional groups attached to an aromatic ring is 1. The number of fused-ring (bicyclic) bond motifs is 5. The first-order chi connectivity index (χ1) is 20.4. The second-order valence-electron chi connectivity index (χ2n) is 12.5. The van der Waals surface area contributed by atoms with E-state index in [9.17, 15) is 14.0 Å². The smallest absolute Gasteiger partial charge is 0.318 e. The molecule has 7 heterocycles. The number of nitrogens with one attached hydrogen (secondary N) is 1. The summed E-state index contributed by atoms with van der Waals surface area (Å²) < 4.78 is 42.3. The molecule has 0 amide bonds. The lowest BCUT2D eigenvalue weighted by atomic mass is 9.94. The van der Waals surface area contributed by atoms with E-state index in [-0.39, 0.29) is 17.7 Å². The minimum Gasteiger partial charge on any atom is -0.461 e. The quantitative estimate of drug-likeness (QED) is 0.454. The Balaban J connectivity index is 1.15. The number of benzene rings is 1. The Morgan fingerprint density at radius 1 is 1.24 bits per heavy atom. The number of hydrogen-bond donors (Lipinski definition) is 2. The number of hydrogen-bond acceptors (Lipinski definition) is 10. The first kappa shape index (κ1) is 26.5. The first-order valence-corrected chi connectivity index (χ1v) is 15.7. The second kappa shape index (κ2) is 9.98. The van der Waals surface area contributed by atoms with Gasteiger partial charge in [0, 0.05) is 55.5 Å². The minimum atomic E-state index is -0.833. The summed E-state index contributed by atoms with van der Waals surface area (Å²) in [6, 6.07) is 6.41. The fraction of sp³-hybridized carbons (Fsp3) is 0.567. The molecule has 0 radical (unpaired) electrons. The Morgan fingerprint density at radius 3 is 2.88 bits per heavy atom. The number of anilines is 2. The highest BCUT2D eigenvalue weighted by Crippen LogP contribution is 2.44. The second-order valence-corrected chi connectivity index (χ2v) is 13.5. The SMILES string of the molecule is N#Cc1c(N)sc2c(F)ccc(C3Cc4nc(OC[C@@]56CCCN5C[C@H](F)C6)nc(N5C[C@H]6CC[C@@H](C5)N6)c4CO3)c12. The van der Waals surface area contributed by atoms with E-state index < -0.39 is 18.1 Å². The third kappa shape index (κ3) is 4.24. The lowest BCUT2D eigenvalue weighted by molar-refractivity contribution is 0.0263. The molecule has 2 aromatic heterocycles. The zero-order chi connectivity index (χ0) is 28.6. The van der Waals surface area contributed by atoms with Crippen LogP contribution in [0.15, 0.2) is 12.1 Å². The molecule has 0 aliphatic carbocycles. The zero-order valence-corrected chi connectivity index (χ0v) is 24.1. The molecule has 5 aliphatic heterocycles. The maximum absolute atomic E-state index is 14.7. The van der Waals surface area contributed by atoms with Crippen molar-refractivity contribution in [2.24, 2.45) is 0 Å². The van der Waals surface area contributed by atoms with E-state index in [0.717, 1.165) is 79.3 Å². The topological polar surface area (TPSA) is 113 Å². The van der Waals surface area contributed by atoms with Gasteiger partial charge >= 0.3 is 6.01 Å². The van der Waals surface area contributed by atoms with E-state index in [0.29, 0.717) is 59.2 Å². The highest BCUT2D eigenvalue weighted by molar-refractivity contribution is 7.23. The number of piperazine rings is 1. The molecule has 1 aromatic carbocycles. The molecule has 12 heteroatoms. The Bertz CT molecular complexity index is 1600. The van der Waals surface area contributed by atoms with E-state index in [1.54, 1.807) is 6.07 Å².